The molecule has 0 atom stereocenters. The lowest BCUT2D eigenvalue weighted by Gasteiger charge is -2.40. The summed E-state index contributed by atoms with van der Waals surface area (Å²) in [6, 6.07) is 10.1. The minimum Gasteiger partial charge on any atom is -0.330 e. The van der Waals surface area contributed by atoms with Gasteiger partial charge in [0.2, 0.25) is 0 Å². The number of aromatic nitrogens is 1. The molecule has 2 aromatic rings. The van der Waals surface area contributed by atoms with Crippen LogP contribution in [0.4, 0.5) is 0 Å². The molecule has 0 amide bonds. The number of nitrogens with two attached hydrogens (primary N) is 1. The number of carbonyl (C=O) groups is 1. The summed E-state index contributed by atoms with van der Waals surface area (Å²) in [7, 11) is 0. The van der Waals surface area contributed by atoms with Crippen LogP contribution in [0.25, 0.3) is 11.3 Å². The van der Waals surface area contributed by atoms with Crippen molar-refractivity contribution in [3.8, 4) is 11.3 Å². The molecule has 0 spiro atoms. The van der Waals surface area contributed by atoms with E-state index in [2.05, 4.69) is 4.98 Å². The predicted molar refractivity (Wildman–Crippen MR) is 86.2 cm³/mol. The first-order valence-corrected chi connectivity index (χ1v) is 8.30. The van der Waals surface area contributed by atoms with Crippen molar-refractivity contribution in [2.24, 2.45) is 11.1 Å². The molecule has 2 N–H and O–H groups in total. The molecule has 1 aliphatic rings. The molecule has 0 saturated heterocycles. The SMILES string of the molecule is NCC1(CC(=O)Cc2nc(-c3ccccc3)cs2)CCC1. The van der Waals surface area contributed by atoms with Gasteiger partial charge >= 0.3 is 0 Å². The molecule has 1 saturated carbocycles. The Labute approximate surface area is 129 Å². The van der Waals surface area contributed by atoms with Crippen LogP contribution in [0.15, 0.2) is 35.7 Å². The van der Waals surface area contributed by atoms with Gasteiger partial charge in [-0.25, -0.2) is 4.98 Å². The summed E-state index contributed by atoms with van der Waals surface area (Å²) in [5.74, 6) is 0.272. The zero-order valence-corrected chi connectivity index (χ0v) is 12.9. The van der Waals surface area contributed by atoms with Crippen LogP contribution in [-0.4, -0.2) is 17.3 Å². The van der Waals surface area contributed by atoms with Gasteiger partial charge in [0.15, 0.2) is 0 Å². The fourth-order valence-corrected chi connectivity index (χ4v) is 3.74. The lowest BCUT2D eigenvalue weighted by molar-refractivity contribution is -0.122. The Bertz CT molecular complexity index is 611. The first-order valence-electron chi connectivity index (χ1n) is 7.42. The summed E-state index contributed by atoms with van der Waals surface area (Å²) >= 11 is 1.57. The van der Waals surface area contributed by atoms with E-state index in [1.807, 2.05) is 35.7 Å². The number of rotatable bonds is 6. The summed E-state index contributed by atoms with van der Waals surface area (Å²) in [6.07, 6.45) is 4.47. The molecule has 110 valence electrons. The van der Waals surface area contributed by atoms with Crippen LogP contribution in [0.5, 0.6) is 0 Å². The Hall–Kier alpha value is -1.52. The smallest absolute Gasteiger partial charge is 0.140 e. The monoisotopic (exact) mass is 300 g/mol. The van der Waals surface area contributed by atoms with Crippen molar-refractivity contribution in [2.45, 2.75) is 32.1 Å². The third-order valence-corrected chi connectivity index (χ3v) is 5.24. The van der Waals surface area contributed by atoms with E-state index < -0.39 is 0 Å². The zero-order chi connectivity index (χ0) is 14.7. The highest BCUT2D eigenvalue weighted by atomic mass is 32.1. The molecular weight excluding hydrogens is 280 g/mol. The highest BCUT2D eigenvalue weighted by molar-refractivity contribution is 7.10. The number of thiazole rings is 1. The van der Waals surface area contributed by atoms with Gasteiger partial charge in [0.05, 0.1) is 12.1 Å². The van der Waals surface area contributed by atoms with Gasteiger partial charge in [-0.3, -0.25) is 4.79 Å². The minimum atomic E-state index is 0.0939. The van der Waals surface area contributed by atoms with Gasteiger partial charge in [-0.05, 0) is 24.8 Å². The lowest BCUT2D eigenvalue weighted by atomic mass is 9.66. The standard InChI is InChI=1S/C17H20N2OS/c18-12-17(7-4-8-17)10-14(20)9-16-19-15(11-21-16)13-5-2-1-3-6-13/h1-3,5-6,11H,4,7-10,12,18H2. The normalized spacial score (nSPS) is 16.4. The van der Waals surface area contributed by atoms with Crippen molar-refractivity contribution >= 4 is 17.1 Å². The van der Waals surface area contributed by atoms with Crippen LogP contribution < -0.4 is 5.73 Å². The van der Waals surface area contributed by atoms with Gasteiger partial charge in [0.25, 0.3) is 0 Å². The lowest BCUT2D eigenvalue weighted by Crippen LogP contribution is -2.39. The Morgan fingerprint density at radius 2 is 2.05 bits per heavy atom. The average molecular weight is 300 g/mol. The van der Waals surface area contributed by atoms with E-state index in [9.17, 15) is 4.79 Å². The van der Waals surface area contributed by atoms with Crippen LogP contribution in [0, 0.1) is 5.41 Å². The molecule has 0 unspecified atom stereocenters. The predicted octanol–water partition coefficient (Wildman–Crippen LogP) is 3.44. The van der Waals surface area contributed by atoms with Crippen molar-refractivity contribution in [1.82, 2.24) is 4.98 Å². The number of carbonyl (C=O) groups excluding carboxylic acids is 1. The van der Waals surface area contributed by atoms with Gasteiger partial charge in [0.1, 0.15) is 10.8 Å². The third-order valence-electron chi connectivity index (χ3n) is 4.39. The molecule has 4 heteroatoms. The molecular formula is C17H20N2OS. The Kier molecular flexibility index (Phi) is 4.17. The molecule has 3 rings (SSSR count). The van der Waals surface area contributed by atoms with Crippen molar-refractivity contribution < 1.29 is 4.79 Å². The van der Waals surface area contributed by atoms with E-state index in [1.165, 1.54) is 6.42 Å². The Morgan fingerprint density at radius 3 is 2.67 bits per heavy atom. The van der Waals surface area contributed by atoms with Crippen molar-refractivity contribution in [3.63, 3.8) is 0 Å². The number of Topliss-reactive ketones (excluding diaryl/α,β-unsaturated/α-hetero) is 1. The largest absolute Gasteiger partial charge is 0.330 e. The molecule has 1 heterocycles. The van der Waals surface area contributed by atoms with Gasteiger partial charge in [-0.2, -0.15) is 0 Å². The van der Waals surface area contributed by atoms with Gasteiger partial charge in [-0.1, -0.05) is 36.8 Å². The maximum Gasteiger partial charge on any atom is 0.140 e. The molecule has 1 fully saturated rings. The fourth-order valence-electron chi connectivity index (χ4n) is 2.91. The number of nitrogens with zero attached hydrogens (tertiary/aromatic N) is 1. The minimum absolute atomic E-state index is 0.0939. The molecule has 0 aliphatic heterocycles. The second kappa shape index (κ2) is 6.08. The molecule has 0 bridgehead atoms. The average Bonchev–Trinajstić information content (AvgIpc) is 2.92. The summed E-state index contributed by atoms with van der Waals surface area (Å²) in [5, 5.41) is 2.94. The topological polar surface area (TPSA) is 56.0 Å². The highest BCUT2D eigenvalue weighted by Gasteiger charge is 2.37. The zero-order valence-electron chi connectivity index (χ0n) is 12.0. The summed E-state index contributed by atoms with van der Waals surface area (Å²) in [4.78, 5) is 16.8. The van der Waals surface area contributed by atoms with E-state index >= 15 is 0 Å². The second-order valence-corrected chi connectivity index (χ2v) is 6.89. The number of hydrogen-bond acceptors (Lipinski definition) is 4. The van der Waals surface area contributed by atoms with Crippen molar-refractivity contribution in [2.75, 3.05) is 6.54 Å². The van der Waals surface area contributed by atoms with Crippen LogP contribution in [-0.2, 0) is 11.2 Å². The highest BCUT2D eigenvalue weighted by Crippen LogP contribution is 2.43. The molecule has 0 radical (unpaired) electrons. The van der Waals surface area contributed by atoms with Crippen LogP contribution in [0.1, 0.15) is 30.7 Å². The molecule has 1 aromatic carbocycles. The van der Waals surface area contributed by atoms with Crippen LogP contribution in [0.2, 0.25) is 0 Å². The van der Waals surface area contributed by atoms with E-state index in [1.54, 1.807) is 11.3 Å². The molecule has 3 nitrogen and oxygen atoms in total. The number of benzene rings is 1. The van der Waals surface area contributed by atoms with E-state index in [0.29, 0.717) is 19.4 Å². The van der Waals surface area contributed by atoms with Crippen molar-refractivity contribution in [1.29, 1.82) is 0 Å². The van der Waals surface area contributed by atoms with Crippen LogP contribution in [0.3, 0.4) is 0 Å². The molecule has 1 aromatic heterocycles. The van der Waals surface area contributed by atoms with E-state index in [4.69, 9.17) is 5.73 Å². The fraction of sp³-hybridized carbons (Fsp3) is 0.412. The van der Waals surface area contributed by atoms with Gasteiger partial charge in [0, 0.05) is 17.4 Å². The summed E-state index contributed by atoms with van der Waals surface area (Å²) < 4.78 is 0. The van der Waals surface area contributed by atoms with E-state index in [-0.39, 0.29) is 11.2 Å². The van der Waals surface area contributed by atoms with Crippen molar-refractivity contribution in [3.05, 3.63) is 40.7 Å². The second-order valence-electron chi connectivity index (χ2n) is 5.94. The molecule has 1 aliphatic carbocycles. The summed E-state index contributed by atoms with van der Waals surface area (Å²) in [6.45, 7) is 0.631. The van der Waals surface area contributed by atoms with Gasteiger partial charge < -0.3 is 5.73 Å². The first-order chi connectivity index (χ1) is 10.2. The molecule has 21 heavy (non-hydrogen) atoms. The maximum atomic E-state index is 12.2. The van der Waals surface area contributed by atoms with Crippen LogP contribution >= 0.6 is 11.3 Å². The number of ketones is 1. The summed E-state index contributed by atoms with van der Waals surface area (Å²) in [5.41, 5.74) is 7.98. The van der Waals surface area contributed by atoms with E-state index in [0.717, 1.165) is 29.1 Å². The first kappa shape index (κ1) is 14.4. The van der Waals surface area contributed by atoms with Gasteiger partial charge in [-0.15, -0.1) is 11.3 Å². The Balaban J connectivity index is 1.63. The Morgan fingerprint density at radius 1 is 1.29 bits per heavy atom. The quantitative estimate of drug-likeness (QED) is 0.889. The maximum absolute atomic E-state index is 12.2. The number of hydrogen-bond donors (Lipinski definition) is 1. The third kappa shape index (κ3) is 3.22.